The molecule has 1 atom stereocenters. The molecule has 0 aliphatic heterocycles. The number of methoxy groups -OCH3 is 1. The average Bonchev–Trinajstić information content (AvgIpc) is 2.83. The number of aromatic nitrogens is 2. The van der Waals surface area contributed by atoms with Crippen LogP contribution in [0, 0.1) is 0 Å². The number of carbonyl (C=O) groups excluding carboxylic acids is 2. The van der Waals surface area contributed by atoms with Gasteiger partial charge in [-0.2, -0.15) is 4.98 Å². The molecule has 2 amide bonds. The lowest BCUT2D eigenvalue weighted by molar-refractivity contribution is 0.0634. The third-order valence-electron chi connectivity index (χ3n) is 5.62. The van der Waals surface area contributed by atoms with Crippen LogP contribution < -0.4 is 20.7 Å². The second kappa shape index (κ2) is 10.6. The topological polar surface area (TPSA) is 114 Å². The number of amides is 2. The molecule has 9 heteroatoms. The van der Waals surface area contributed by atoms with Crippen LogP contribution in [0.25, 0.3) is 0 Å². The van der Waals surface area contributed by atoms with E-state index in [9.17, 15) is 9.59 Å². The number of ether oxygens (including phenoxy) is 2. The zero-order valence-electron chi connectivity index (χ0n) is 20.9. The number of nitrogens with zero attached hydrogens (tertiary/aromatic N) is 2. The van der Waals surface area contributed by atoms with Crippen molar-refractivity contribution >= 4 is 29.5 Å². The smallest absolute Gasteiger partial charge is 0.414 e. The monoisotopic (exact) mass is 489 g/mol. The fourth-order valence-electron chi connectivity index (χ4n) is 4.04. The van der Waals surface area contributed by atoms with Gasteiger partial charge in [0.15, 0.2) is 0 Å². The largest absolute Gasteiger partial charge is 0.495 e. The van der Waals surface area contributed by atoms with Crippen LogP contribution in [0.1, 0.15) is 48.8 Å². The summed E-state index contributed by atoms with van der Waals surface area (Å²) in [6.07, 6.45) is 1.77. The lowest BCUT2D eigenvalue weighted by Gasteiger charge is -2.25. The molecule has 1 aromatic heterocycles. The molecule has 9 nitrogen and oxygen atoms in total. The van der Waals surface area contributed by atoms with Crippen molar-refractivity contribution in [3.63, 3.8) is 0 Å². The molecule has 1 aliphatic rings. The number of hydrogen-bond acceptors (Lipinski definition) is 7. The number of hydrogen-bond donors (Lipinski definition) is 3. The van der Waals surface area contributed by atoms with Gasteiger partial charge in [-0.15, -0.1) is 0 Å². The van der Waals surface area contributed by atoms with E-state index >= 15 is 0 Å². The van der Waals surface area contributed by atoms with Gasteiger partial charge in [0.2, 0.25) is 5.95 Å². The molecule has 4 rings (SSSR count). The van der Waals surface area contributed by atoms with Gasteiger partial charge >= 0.3 is 6.09 Å². The highest BCUT2D eigenvalue weighted by Gasteiger charge is 2.23. The van der Waals surface area contributed by atoms with E-state index in [1.54, 1.807) is 40.0 Å². The van der Waals surface area contributed by atoms with Crippen LogP contribution in [0.15, 0.2) is 54.6 Å². The summed E-state index contributed by atoms with van der Waals surface area (Å²) in [5, 5.41) is 8.76. The van der Waals surface area contributed by atoms with E-state index in [4.69, 9.17) is 9.47 Å². The molecule has 1 unspecified atom stereocenters. The number of fused-ring (bicyclic) bond motifs is 1. The van der Waals surface area contributed by atoms with Gasteiger partial charge in [-0.1, -0.05) is 36.4 Å². The minimum absolute atomic E-state index is 0.0183. The summed E-state index contributed by atoms with van der Waals surface area (Å²) in [5.74, 6) is 0.518. The Morgan fingerprint density at radius 3 is 2.47 bits per heavy atom. The minimum atomic E-state index is -0.716. The highest BCUT2D eigenvalue weighted by atomic mass is 16.6. The molecular weight excluding hydrogens is 458 g/mol. The quantitative estimate of drug-likeness (QED) is 0.453. The van der Waals surface area contributed by atoms with Crippen molar-refractivity contribution < 1.29 is 19.1 Å². The number of anilines is 3. The molecule has 36 heavy (non-hydrogen) atoms. The maximum atomic E-state index is 13.2. The number of carbonyl (C=O) groups is 2. The van der Waals surface area contributed by atoms with Gasteiger partial charge in [0.1, 0.15) is 22.9 Å². The molecule has 2 aromatic carbocycles. The van der Waals surface area contributed by atoms with Gasteiger partial charge < -0.3 is 20.1 Å². The number of benzene rings is 2. The van der Waals surface area contributed by atoms with Crippen molar-refractivity contribution in [3.8, 4) is 5.75 Å². The zero-order chi connectivity index (χ0) is 25.7. The molecule has 188 valence electrons. The standard InChI is InChI=1S/C27H31N5O4/c1-27(2,3)36-26(34)32-25-30-21(16-23(31-25)29-20-11-7-8-12-22(20)35-4)24(33)28-19-14-13-17-9-5-6-10-18(17)15-19/h5-12,16,19H,13-15H2,1-4H3,(H,28,33)(H2,29,30,31,32,34). The third-order valence-corrected chi connectivity index (χ3v) is 5.62. The average molecular weight is 490 g/mol. The van der Waals surface area contributed by atoms with Crippen LogP contribution in [0.2, 0.25) is 0 Å². The summed E-state index contributed by atoms with van der Waals surface area (Å²) in [6.45, 7) is 5.27. The summed E-state index contributed by atoms with van der Waals surface area (Å²) in [4.78, 5) is 34.2. The molecule has 3 N–H and O–H groups in total. The third kappa shape index (κ3) is 6.50. The Kier molecular flexibility index (Phi) is 7.38. The molecule has 0 saturated carbocycles. The first-order valence-electron chi connectivity index (χ1n) is 11.9. The van der Waals surface area contributed by atoms with Gasteiger partial charge in [-0.05, 0) is 63.3 Å². The predicted octanol–water partition coefficient (Wildman–Crippen LogP) is 4.86. The van der Waals surface area contributed by atoms with Crippen LogP contribution in [-0.4, -0.2) is 40.7 Å². The number of rotatable bonds is 6. The summed E-state index contributed by atoms with van der Waals surface area (Å²) in [7, 11) is 1.57. The Hall–Kier alpha value is -4.14. The first kappa shape index (κ1) is 25.0. The second-order valence-electron chi connectivity index (χ2n) is 9.60. The second-order valence-corrected chi connectivity index (χ2v) is 9.60. The Morgan fingerprint density at radius 2 is 1.72 bits per heavy atom. The number of nitrogens with one attached hydrogen (secondary N) is 3. The van der Waals surface area contributed by atoms with Crippen LogP contribution in [0.4, 0.5) is 22.2 Å². The minimum Gasteiger partial charge on any atom is -0.495 e. The van der Waals surface area contributed by atoms with E-state index in [1.807, 2.05) is 30.3 Å². The lowest BCUT2D eigenvalue weighted by atomic mass is 9.88. The molecule has 1 heterocycles. The Bertz CT molecular complexity index is 1250. The maximum absolute atomic E-state index is 13.2. The van der Waals surface area contributed by atoms with Gasteiger partial charge in [0.05, 0.1) is 12.8 Å². The summed E-state index contributed by atoms with van der Waals surface area (Å²) >= 11 is 0. The SMILES string of the molecule is COc1ccccc1Nc1cc(C(=O)NC2CCc3ccccc3C2)nc(NC(=O)OC(C)(C)C)n1. The lowest BCUT2D eigenvalue weighted by Crippen LogP contribution is -2.39. The van der Waals surface area contributed by atoms with Crippen molar-refractivity contribution in [2.75, 3.05) is 17.7 Å². The highest BCUT2D eigenvalue weighted by Crippen LogP contribution is 2.27. The summed E-state index contributed by atoms with van der Waals surface area (Å²) < 4.78 is 10.7. The van der Waals surface area contributed by atoms with Crippen molar-refractivity contribution in [3.05, 3.63) is 71.4 Å². The molecule has 0 fully saturated rings. The van der Waals surface area contributed by atoms with Crippen molar-refractivity contribution in [2.24, 2.45) is 0 Å². The Balaban J connectivity index is 1.57. The van der Waals surface area contributed by atoms with E-state index in [-0.39, 0.29) is 23.6 Å². The Labute approximate surface area is 210 Å². The fourth-order valence-corrected chi connectivity index (χ4v) is 4.04. The molecule has 0 spiro atoms. The fraction of sp³-hybridized carbons (Fsp3) is 0.333. The van der Waals surface area contributed by atoms with Gasteiger partial charge in [0.25, 0.3) is 5.91 Å². The molecule has 0 radical (unpaired) electrons. The van der Waals surface area contributed by atoms with E-state index in [1.165, 1.54) is 11.1 Å². The van der Waals surface area contributed by atoms with Crippen molar-refractivity contribution in [2.45, 2.75) is 51.7 Å². The summed E-state index contributed by atoms with van der Waals surface area (Å²) in [6, 6.07) is 17.1. The first-order valence-corrected chi connectivity index (χ1v) is 11.9. The predicted molar refractivity (Wildman–Crippen MR) is 138 cm³/mol. The maximum Gasteiger partial charge on any atom is 0.414 e. The Morgan fingerprint density at radius 1 is 1.00 bits per heavy atom. The van der Waals surface area contributed by atoms with Crippen LogP contribution >= 0.6 is 0 Å². The van der Waals surface area contributed by atoms with E-state index < -0.39 is 11.7 Å². The summed E-state index contributed by atoms with van der Waals surface area (Å²) in [5.41, 5.74) is 2.62. The van der Waals surface area contributed by atoms with Crippen molar-refractivity contribution in [1.29, 1.82) is 0 Å². The number of para-hydroxylation sites is 2. The zero-order valence-corrected chi connectivity index (χ0v) is 20.9. The van der Waals surface area contributed by atoms with Gasteiger partial charge in [-0.3, -0.25) is 10.1 Å². The van der Waals surface area contributed by atoms with Crippen LogP contribution in [-0.2, 0) is 17.6 Å². The molecule has 1 aliphatic carbocycles. The molecule has 3 aromatic rings. The number of aryl methyl sites for hydroxylation is 1. The van der Waals surface area contributed by atoms with E-state index in [2.05, 4.69) is 38.1 Å². The molecular formula is C27H31N5O4. The van der Waals surface area contributed by atoms with Gasteiger partial charge in [-0.25, -0.2) is 9.78 Å². The van der Waals surface area contributed by atoms with Crippen LogP contribution in [0.3, 0.4) is 0 Å². The molecule has 0 saturated heterocycles. The van der Waals surface area contributed by atoms with Crippen LogP contribution in [0.5, 0.6) is 5.75 Å². The van der Waals surface area contributed by atoms with E-state index in [0.29, 0.717) is 17.3 Å². The van der Waals surface area contributed by atoms with Crippen molar-refractivity contribution in [1.82, 2.24) is 15.3 Å². The van der Waals surface area contributed by atoms with Gasteiger partial charge in [0, 0.05) is 12.1 Å². The highest BCUT2D eigenvalue weighted by molar-refractivity contribution is 5.94. The normalized spacial score (nSPS) is 14.8. The van der Waals surface area contributed by atoms with E-state index in [0.717, 1.165) is 19.3 Å². The first-order chi connectivity index (χ1) is 17.2. The molecule has 0 bridgehead atoms.